The van der Waals surface area contributed by atoms with Crippen LogP contribution in [0.2, 0.25) is 0 Å². The minimum absolute atomic E-state index is 0.876. The van der Waals surface area contributed by atoms with Gasteiger partial charge in [-0.05, 0) is 96.7 Å². The third-order valence-electron chi connectivity index (χ3n) is 10.4. The van der Waals surface area contributed by atoms with Gasteiger partial charge >= 0.3 is 0 Å². The van der Waals surface area contributed by atoms with E-state index in [9.17, 15) is 0 Å². The van der Waals surface area contributed by atoms with E-state index in [2.05, 4.69) is 158 Å². The Morgan fingerprint density at radius 1 is 0.280 bits per heavy atom. The summed E-state index contributed by atoms with van der Waals surface area (Å²) in [6.07, 6.45) is 0. The third kappa shape index (κ3) is 3.90. The molecule has 0 atom stereocenters. The van der Waals surface area contributed by atoms with Gasteiger partial charge in [-0.3, -0.25) is 0 Å². The Balaban J connectivity index is 1.12. The van der Waals surface area contributed by atoms with Crippen LogP contribution in [0.1, 0.15) is 0 Å². The second-order valence-electron chi connectivity index (χ2n) is 13.2. The molecule has 0 aliphatic carbocycles. The average molecular weight is 637 g/mol. The Hall–Kier alpha value is -6.64. The van der Waals surface area contributed by atoms with Crippen LogP contribution in [0.15, 0.2) is 179 Å². The highest BCUT2D eigenvalue weighted by Gasteiger charge is 2.19. The lowest BCUT2D eigenvalue weighted by Crippen LogP contribution is -1.91. The fourth-order valence-corrected chi connectivity index (χ4v) is 8.25. The van der Waals surface area contributed by atoms with E-state index >= 15 is 0 Å². The van der Waals surface area contributed by atoms with Crippen molar-refractivity contribution in [3.05, 3.63) is 170 Å². The van der Waals surface area contributed by atoms with Crippen LogP contribution in [-0.2, 0) is 0 Å². The van der Waals surface area contributed by atoms with Crippen LogP contribution in [-0.4, -0.2) is 0 Å². The molecule has 0 fully saturated rings. The maximum absolute atomic E-state index is 6.68. The normalized spacial score (nSPS) is 12.0. The number of hydrogen-bond donors (Lipinski definition) is 0. The van der Waals surface area contributed by atoms with Crippen molar-refractivity contribution in [2.24, 2.45) is 0 Å². The van der Waals surface area contributed by atoms with Crippen LogP contribution in [0.4, 0.5) is 0 Å². The van der Waals surface area contributed by atoms with Crippen LogP contribution < -0.4 is 0 Å². The topological polar surface area (TPSA) is 26.3 Å². The van der Waals surface area contributed by atoms with Crippen LogP contribution >= 0.6 is 0 Å². The molecule has 2 heterocycles. The molecule has 0 radical (unpaired) electrons. The summed E-state index contributed by atoms with van der Waals surface area (Å²) in [5, 5.41) is 11.7. The molecule has 0 saturated carbocycles. The average Bonchev–Trinajstić information content (AvgIpc) is 3.75. The molecule has 9 aromatic carbocycles. The summed E-state index contributed by atoms with van der Waals surface area (Å²) in [6, 6.07) is 60.9. The summed E-state index contributed by atoms with van der Waals surface area (Å²) in [4.78, 5) is 0. The van der Waals surface area contributed by atoms with Crippen molar-refractivity contribution in [2.45, 2.75) is 0 Å². The molecular weight excluding hydrogens is 609 g/mol. The number of furan rings is 2. The van der Waals surface area contributed by atoms with Gasteiger partial charge in [0.15, 0.2) is 0 Å². The Bertz CT molecular complexity index is 3080. The lowest BCUT2D eigenvalue weighted by atomic mass is 9.85. The summed E-state index contributed by atoms with van der Waals surface area (Å²) < 4.78 is 12.9. The van der Waals surface area contributed by atoms with E-state index in [-0.39, 0.29) is 0 Å². The Labute approximate surface area is 287 Å². The molecule has 0 N–H and O–H groups in total. The fraction of sp³-hybridized carbons (Fsp3) is 0. The van der Waals surface area contributed by atoms with Crippen molar-refractivity contribution in [3.63, 3.8) is 0 Å². The molecule has 0 spiro atoms. The summed E-state index contributed by atoms with van der Waals surface area (Å²) in [7, 11) is 0. The number of hydrogen-bond acceptors (Lipinski definition) is 2. The molecule has 0 saturated heterocycles. The summed E-state index contributed by atoms with van der Waals surface area (Å²) in [5.74, 6) is 0. The minimum Gasteiger partial charge on any atom is -0.456 e. The smallest absolute Gasteiger partial charge is 0.144 e. The summed E-state index contributed by atoms with van der Waals surface area (Å²) in [5.41, 5.74) is 10.8. The van der Waals surface area contributed by atoms with Gasteiger partial charge in [0, 0.05) is 26.9 Å². The molecule has 11 rings (SSSR count). The third-order valence-corrected chi connectivity index (χ3v) is 10.4. The van der Waals surface area contributed by atoms with Crippen molar-refractivity contribution in [1.82, 2.24) is 0 Å². The second-order valence-corrected chi connectivity index (χ2v) is 13.2. The van der Waals surface area contributed by atoms with Gasteiger partial charge in [-0.15, -0.1) is 0 Å². The molecule has 2 aromatic heterocycles. The number of para-hydroxylation sites is 1. The predicted octanol–water partition coefficient (Wildman–Crippen LogP) is 13.9. The van der Waals surface area contributed by atoms with E-state index < -0.39 is 0 Å². The highest BCUT2D eigenvalue weighted by molar-refractivity contribution is 6.28. The largest absolute Gasteiger partial charge is 0.456 e. The van der Waals surface area contributed by atoms with Gasteiger partial charge in [0.1, 0.15) is 22.3 Å². The first kappa shape index (κ1) is 27.3. The quantitative estimate of drug-likeness (QED) is 0.180. The molecule has 2 nitrogen and oxygen atoms in total. The predicted molar refractivity (Wildman–Crippen MR) is 210 cm³/mol. The first-order chi connectivity index (χ1) is 24.8. The molecular formula is C48H28O2. The van der Waals surface area contributed by atoms with Crippen molar-refractivity contribution >= 4 is 76.2 Å². The Kier molecular flexibility index (Phi) is 5.70. The van der Waals surface area contributed by atoms with E-state index in [4.69, 9.17) is 8.83 Å². The van der Waals surface area contributed by atoms with E-state index in [1.165, 1.54) is 49.4 Å². The first-order valence-corrected chi connectivity index (χ1v) is 17.1. The fourth-order valence-electron chi connectivity index (χ4n) is 8.25. The van der Waals surface area contributed by atoms with Crippen molar-refractivity contribution < 1.29 is 8.83 Å². The maximum Gasteiger partial charge on any atom is 0.144 e. The van der Waals surface area contributed by atoms with Gasteiger partial charge in [0.25, 0.3) is 0 Å². The maximum atomic E-state index is 6.68. The molecule has 2 heteroatoms. The molecule has 11 aromatic rings. The van der Waals surface area contributed by atoms with E-state index in [1.807, 2.05) is 12.1 Å². The minimum atomic E-state index is 0.876. The van der Waals surface area contributed by atoms with Gasteiger partial charge in [0.05, 0.1) is 0 Å². The van der Waals surface area contributed by atoms with Crippen LogP contribution in [0.25, 0.3) is 110 Å². The zero-order valence-corrected chi connectivity index (χ0v) is 27.0. The Morgan fingerprint density at radius 2 is 0.840 bits per heavy atom. The standard InChI is InChI=1S/C48H28O2/c1-2-11-29(12-3-1)44-34-15-4-6-17-36(34)45(37-18-7-5-16-35(37)44)33-14-10-13-31(27-33)32-23-25-42-40(28-32)38-24-21-30-22-26-43-47(46(30)48(38)50-42)39-19-8-9-20-41(39)49-43/h1-28H. The van der Waals surface area contributed by atoms with Crippen LogP contribution in [0.5, 0.6) is 0 Å². The summed E-state index contributed by atoms with van der Waals surface area (Å²) >= 11 is 0. The highest BCUT2D eigenvalue weighted by atomic mass is 16.3. The van der Waals surface area contributed by atoms with Gasteiger partial charge in [-0.1, -0.05) is 133 Å². The Morgan fingerprint density at radius 3 is 1.60 bits per heavy atom. The lowest BCUT2D eigenvalue weighted by molar-refractivity contribution is 0.668. The molecule has 0 amide bonds. The highest BCUT2D eigenvalue weighted by Crippen LogP contribution is 2.45. The SMILES string of the molecule is c1ccc(-c2c3ccccc3c(-c3cccc(-c4ccc5oc6c(ccc7ccc8oc9ccccc9c8c76)c5c4)c3)c3ccccc23)cc1. The first-order valence-electron chi connectivity index (χ1n) is 17.1. The van der Waals surface area contributed by atoms with Gasteiger partial charge in [-0.2, -0.15) is 0 Å². The lowest BCUT2D eigenvalue weighted by Gasteiger charge is -2.18. The zero-order valence-electron chi connectivity index (χ0n) is 27.0. The molecule has 50 heavy (non-hydrogen) atoms. The van der Waals surface area contributed by atoms with Crippen LogP contribution in [0.3, 0.4) is 0 Å². The monoisotopic (exact) mass is 636 g/mol. The van der Waals surface area contributed by atoms with Gasteiger partial charge in [0.2, 0.25) is 0 Å². The van der Waals surface area contributed by atoms with E-state index in [0.717, 1.165) is 60.2 Å². The molecule has 232 valence electrons. The van der Waals surface area contributed by atoms with E-state index in [0.29, 0.717) is 0 Å². The molecule has 0 aliphatic rings. The van der Waals surface area contributed by atoms with Crippen LogP contribution in [0, 0.1) is 0 Å². The summed E-state index contributed by atoms with van der Waals surface area (Å²) in [6.45, 7) is 0. The zero-order chi connectivity index (χ0) is 32.8. The van der Waals surface area contributed by atoms with Crippen molar-refractivity contribution in [2.75, 3.05) is 0 Å². The second kappa shape index (κ2) is 10.4. The number of benzene rings is 9. The van der Waals surface area contributed by atoms with Crippen molar-refractivity contribution in [3.8, 4) is 33.4 Å². The molecule has 0 aliphatic heterocycles. The van der Waals surface area contributed by atoms with Crippen molar-refractivity contribution in [1.29, 1.82) is 0 Å². The number of fused-ring (bicyclic) bond motifs is 11. The van der Waals surface area contributed by atoms with Gasteiger partial charge in [-0.25, -0.2) is 0 Å². The van der Waals surface area contributed by atoms with E-state index in [1.54, 1.807) is 0 Å². The number of rotatable bonds is 3. The molecule has 0 unspecified atom stereocenters. The molecule has 0 bridgehead atoms. The van der Waals surface area contributed by atoms with Gasteiger partial charge < -0.3 is 8.83 Å².